The van der Waals surface area contributed by atoms with Gasteiger partial charge in [-0.25, -0.2) is 4.98 Å². The number of thiophene rings is 1. The molecular weight excluding hydrogens is 268 g/mol. The van der Waals surface area contributed by atoms with E-state index in [2.05, 4.69) is 32.4 Å². The molecule has 0 amide bonds. The van der Waals surface area contributed by atoms with Crippen LogP contribution in [0.3, 0.4) is 0 Å². The number of aromatic nitrogens is 1. The van der Waals surface area contributed by atoms with Gasteiger partial charge >= 0.3 is 0 Å². The van der Waals surface area contributed by atoms with E-state index in [1.165, 1.54) is 9.75 Å². The van der Waals surface area contributed by atoms with Crippen molar-refractivity contribution in [3.05, 3.63) is 27.1 Å². The molecule has 0 bridgehead atoms. The van der Waals surface area contributed by atoms with Crippen LogP contribution in [0.2, 0.25) is 0 Å². The van der Waals surface area contributed by atoms with E-state index in [0.29, 0.717) is 6.54 Å². The van der Waals surface area contributed by atoms with E-state index in [1.54, 1.807) is 22.7 Å². The second-order valence-corrected chi connectivity index (χ2v) is 5.39. The molecule has 2 rings (SSSR count). The van der Waals surface area contributed by atoms with Crippen LogP contribution in [-0.4, -0.2) is 4.98 Å². The van der Waals surface area contributed by atoms with Gasteiger partial charge in [-0.1, -0.05) is 0 Å². The summed E-state index contributed by atoms with van der Waals surface area (Å²) in [6.07, 6.45) is 1.88. The van der Waals surface area contributed by atoms with Gasteiger partial charge in [-0.3, -0.25) is 0 Å². The number of hydrogen-bond acceptors (Lipinski definition) is 4. The summed E-state index contributed by atoms with van der Waals surface area (Å²) >= 11 is 6.79. The summed E-state index contributed by atoms with van der Waals surface area (Å²) in [7, 11) is 0. The minimum absolute atomic E-state index is 0.525. The highest BCUT2D eigenvalue weighted by Gasteiger charge is 2.05. The van der Waals surface area contributed by atoms with Gasteiger partial charge in [0.1, 0.15) is 5.01 Å². The van der Waals surface area contributed by atoms with Crippen LogP contribution in [0.4, 0.5) is 0 Å². The van der Waals surface area contributed by atoms with E-state index in [9.17, 15) is 0 Å². The predicted octanol–water partition coefficient (Wildman–Crippen LogP) is 3.09. The molecule has 13 heavy (non-hydrogen) atoms. The highest BCUT2D eigenvalue weighted by Crippen LogP contribution is 2.33. The summed E-state index contributed by atoms with van der Waals surface area (Å²) in [5.74, 6) is 0. The van der Waals surface area contributed by atoms with Gasteiger partial charge in [0, 0.05) is 27.5 Å². The fraction of sp³-hybridized carbons (Fsp3) is 0.125. The largest absolute Gasteiger partial charge is 0.325 e. The molecule has 0 unspecified atom stereocenters. The third-order valence-corrected chi connectivity index (χ3v) is 4.45. The molecule has 2 aromatic rings. The summed E-state index contributed by atoms with van der Waals surface area (Å²) in [6, 6.07) is 2.10. The lowest BCUT2D eigenvalue weighted by Gasteiger charge is -1.86. The average Bonchev–Trinajstić information content (AvgIpc) is 2.71. The molecule has 0 aliphatic rings. The Morgan fingerprint density at radius 2 is 2.31 bits per heavy atom. The molecule has 2 heterocycles. The van der Waals surface area contributed by atoms with Crippen LogP contribution in [-0.2, 0) is 6.54 Å². The van der Waals surface area contributed by atoms with Gasteiger partial charge in [-0.15, -0.1) is 22.7 Å². The molecule has 0 aliphatic heterocycles. The van der Waals surface area contributed by atoms with Crippen molar-refractivity contribution in [2.75, 3.05) is 0 Å². The zero-order valence-electron chi connectivity index (χ0n) is 6.66. The lowest BCUT2D eigenvalue weighted by atomic mass is 10.4. The van der Waals surface area contributed by atoms with E-state index in [-0.39, 0.29) is 0 Å². The van der Waals surface area contributed by atoms with Crippen LogP contribution in [0, 0.1) is 0 Å². The molecule has 5 heteroatoms. The van der Waals surface area contributed by atoms with Crippen molar-refractivity contribution in [3.8, 4) is 9.75 Å². The second kappa shape index (κ2) is 3.88. The van der Waals surface area contributed by atoms with Gasteiger partial charge in [0.05, 0.1) is 4.88 Å². The molecule has 0 aliphatic carbocycles. The fourth-order valence-corrected chi connectivity index (χ4v) is 3.27. The van der Waals surface area contributed by atoms with Gasteiger partial charge in [0.2, 0.25) is 0 Å². The molecule has 2 N–H and O–H groups in total. The van der Waals surface area contributed by atoms with E-state index in [4.69, 9.17) is 5.73 Å². The van der Waals surface area contributed by atoms with E-state index < -0.39 is 0 Å². The van der Waals surface area contributed by atoms with Crippen LogP contribution in [0.1, 0.15) is 5.01 Å². The van der Waals surface area contributed by atoms with Crippen LogP contribution in [0.15, 0.2) is 22.1 Å². The number of hydrogen-bond donors (Lipinski definition) is 1. The number of nitrogens with two attached hydrogens (primary N) is 1. The predicted molar refractivity (Wildman–Crippen MR) is 61.0 cm³/mol. The maximum atomic E-state index is 5.49. The smallest absolute Gasteiger partial charge is 0.107 e. The van der Waals surface area contributed by atoms with Crippen LogP contribution < -0.4 is 5.73 Å². The first-order chi connectivity index (χ1) is 6.29. The van der Waals surface area contributed by atoms with Crippen molar-refractivity contribution < 1.29 is 0 Å². The summed E-state index contributed by atoms with van der Waals surface area (Å²) in [6.45, 7) is 0.525. The van der Waals surface area contributed by atoms with Crippen molar-refractivity contribution in [1.82, 2.24) is 4.98 Å². The van der Waals surface area contributed by atoms with E-state index in [1.807, 2.05) is 6.20 Å². The van der Waals surface area contributed by atoms with Crippen molar-refractivity contribution in [2.45, 2.75) is 6.54 Å². The van der Waals surface area contributed by atoms with Crippen LogP contribution >= 0.6 is 38.6 Å². The highest BCUT2D eigenvalue weighted by atomic mass is 79.9. The Morgan fingerprint density at radius 1 is 1.46 bits per heavy atom. The molecule has 0 atom stereocenters. The Balaban J connectivity index is 2.35. The minimum Gasteiger partial charge on any atom is -0.325 e. The molecule has 2 aromatic heterocycles. The first-order valence-electron chi connectivity index (χ1n) is 3.69. The summed E-state index contributed by atoms with van der Waals surface area (Å²) in [4.78, 5) is 6.64. The lowest BCUT2D eigenvalue weighted by molar-refractivity contribution is 1.04. The first-order valence-corrected chi connectivity index (χ1v) is 6.17. The van der Waals surface area contributed by atoms with Gasteiger partial charge in [-0.05, 0) is 22.0 Å². The van der Waals surface area contributed by atoms with Gasteiger partial charge < -0.3 is 5.73 Å². The second-order valence-electron chi connectivity index (χ2n) is 2.45. The van der Waals surface area contributed by atoms with Gasteiger partial charge in [-0.2, -0.15) is 0 Å². The Hall–Kier alpha value is -0.230. The fourth-order valence-electron chi connectivity index (χ4n) is 0.961. The topological polar surface area (TPSA) is 38.9 Å². The SMILES string of the molecule is NCc1ncc(-c2cc(Br)cs2)s1. The number of thiazole rings is 1. The standard InChI is InChI=1S/C8H7BrN2S2/c9-5-1-6(12-4-5)7-3-11-8(2-10)13-7/h1,3-4H,2,10H2. The zero-order chi connectivity index (χ0) is 9.26. The molecule has 0 aromatic carbocycles. The van der Waals surface area contributed by atoms with Gasteiger partial charge in [0.15, 0.2) is 0 Å². The third kappa shape index (κ3) is 1.99. The molecule has 0 saturated carbocycles. The lowest BCUT2D eigenvalue weighted by Crippen LogP contribution is -1.93. The Morgan fingerprint density at radius 3 is 2.85 bits per heavy atom. The molecular formula is C8H7BrN2S2. The Bertz CT molecular complexity index is 408. The van der Waals surface area contributed by atoms with Crippen molar-refractivity contribution in [3.63, 3.8) is 0 Å². The van der Waals surface area contributed by atoms with Crippen molar-refractivity contribution in [1.29, 1.82) is 0 Å². The molecule has 0 radical (unpaired) electrons. The van der Waals surface area contributed by atoms with E-state index in [0.717, 1.165) is 9.48 Å². The van der Waals surface area contributed by atoms with Gasteiger partial charge in [0.25, 0.3) is 0 Å². The summed E-state index contributed by atoms with van der Waals surface area (Å²) < 4.78 is 1.12. The monoisotopic (exact) mass is 274 g/mol. The third-order valence-electron chi connectivity index (χ3n) is 1.54. The Kier molecular flexibility index (Phi) is 2.78. The molecule has 0 saturated heterocycles. The quantitative estimate of drug-likeness (QED) is 0.914. The average molecular weight is 275 g/mol. The molecule has 0 fully saturated rings. The normalized spacial score (nSPS) is 10.6. The maximum Gasteiger partial charge on any atom is 0.107 e. The first kappa shape index (κ1) is 9.33. The number of nitrogens with zero attached hydrogens (tertiary/aromatic N) is 1. The maximum absolute atomic E-state index is 5.49. The van der Waals surface area contributed by atoms with Crippen LogP contribution in [0.25, 0.3) is 9.75 Å². The van der Waals surface area contributed by atoms with Crippen molar-refractivity contribution >= 4 is 38.6 Å². The summed E-state index contributed by atoms with van der Waals surface area (Å²) in [5, 5.41) is 3.05. The molecule has 2 nitrogen and oxygen atoms in total. The Labute approximate surface area is 92.6 Å². The minimum atomic E-state index is 0.525. The van der Waals surface area contributed by atoms with Crippen molar-refractivity contribution in [2.24, 2.45) is 5.73 Å². The molecule has 0 spiro atoms. The number of halogens is 1. The zero-order valence-corrected chi connectivity index (χ0v) is 9.88. The molecule has 68 valence electrons. The number of rotatable bonds is 2. The summed E-state index contributed by atoms with van der Waals surface area (Å²) in [5.41, 5.74) is 5.49. The van der Waals surface area contributed by atoms with E-state index >= 15 is 0 Å². The van der Waals surface area contributed by atoms with Crippen LogP contribution in [0.5, 0.6) is 0 Å². The highest BCUT2D eigenvalue weighted by molar-refractivity contribution is 9.10.